The van der Waals surface area contributed by atoms with Crippen molar-refractivity contribution in [3.05, 3.63) is 28.8 Å². The second-order valence-electron chi connectivity index (χ2n) is 7.94. The van der Waals surface area contributed by atoms with Crippen molar-refractivity contribution in [3.8, 4) is 5.75 Å². The predicted octanol–water partition coefficient (Wildman–Crippen LogP) is 3.76. The minimum Gasteiger partial charge on any atom is -0.507 e. The molecule has 0 aliphatic rings. The molecule has 0 heterocycles. The molecule has 1 atom stereocenters. The van der Waals surface area contributed by atoms with Gasteiger partial charge < -0.3 is 15.9 Å². The number of hydrogen-bond acceptors (Lipinski definition) is 3. The largest absolute Gasteiger partial charge is 0.507 e. The summed E-state index contributed by atoms with van der Waals surface area (Å²) in [6.07, 6.45) is 1.44. The zero-order valence-corrected chi connectivity index (χ0v) is 14.3. The van der Waals surface area contributed by atoms with Crippen molar-refractivity contribution in [1.82, 2.24) is 0 Å². The molecule has 1 aromatic carbocycles. The van der Waals surface area contributed by atoms with Gasteiger partial charge in [-0.1, -0.05) is 53.7 Å². The highest BCUT2D eigenvalue weighted by Crippen LogP contribution is 2.40. The molecule has 120 valence electrons. The molecule has 0 radical (unpaired) electrons. The minimum absolute atomic E-state index is 0.111. The Kier molecular flexibility index (Phi) is 5.46. The molecular formula is C18H31NO2. The van der Waals surface area contributed by atoms with Gasteiger partial charge in [0.1, 0.15) is 5.75 Å². The molecule has 21 heavy (non-hydrogen) atoms. The number of aromatic hydroxyl groups is 1. The molecule has 0 aliphatic heterocycles. The Morgan fingerprint density at radius 2 is 1.43 bits per heavy atom. The Morgan fingerprint density at radius 1 is 1.00 bits per heavy atom. The van der Waals surface area contributed by atoms with Crippen molar-refractivity contribution < 1.29 is 10.2 Å². The van der Waals surface area contributed by atoms with Gasteiger partial charge >= 0.3 is 0 Å². The molecule has 3 heteroatoms. The number of benzene rings is 1. The summed E-state index contributed by atoms with van der Waals surface area (Å²) in [6.45, 7) is 12.7. The molecule has 1 rings (SSSR count). The van der Waals surface area contributed by atoms with Crippen LogP contribution in [0.1, 0.15) is 77.1 Å². The topological polar surface area (TPSA) is 66.5 Å². The highest BCUT2D eigenvalue weighted by Gasteiger charge is 2.27. The fraction of sp³-hybridized carbons (Fsp3) is 0.667. The monoisotopic (exact) mass is 293 g/mol. The van der Waals surface area contributed by atoms with E-state index in [-0.39, 0.29) is 23.5 Å². The summed E-state index contributed by atoms with van der Waals surface area (Å²) in [5.74, 6) is 0.383. The van der Waals surface area contributed by atoms with Gasteiger partial charge in [0.15, 0.2) is 0 Å². The second-order valence-corrected chi connectivity index (χ2v) is 7.94. The van der Waals surface area contributed by atoms with E-state index in [0.717, 1.165) is 23.1 Å². The van der Waals surface area contributed by atoms with Crippen molar-refractivity contribution >= 4 is 0 Å². The number of aliphatic hydroxyl groups is 1. The number of nitrogens with two attached hydrogens (primary N) is 1. The first kappa shape index (κ1) is 18.0. The molecular weight excluding hydrogens is 262 g/mol. The summed E-state index contributed by atoms with van der Waals surface area (Å²) < 4.78 is 0. The maximum Gasteiger partial charge on any atom is 0.123 e. The number of aliphatic hydroxyl groups excluding tert-OH is 1. The van der Waals surface area contributed by atoms with Crippen LogP contribution >= 0.6 is 0 Å². The lowest BCUT2D eigenvalue weighted by Gasteiger charge is -2.29. The van der Waals surface area contributed by atoms with Gasteiger partial charge in [0.05, 0.1) is 0 Å². The Balaban J connectivity index is 3.40. The van der Waals surface area contributed by atoms with Crippen LogP contribution < -0.4 is 5.73 Å². The average molecular weight is 293 g/mol. The zero-order valence-electron chi connectivity index (χ0n) is 14.3. The van der Waals surface area contributed by atoms with Gasteiger partial charge in [-0.3, -0.25) is 0 Å². The van der Waals surface area contributed by atoms with Crippen molar-refractivity contribution in [3.63, 3.8) is 0 Å². The molecule has 1 aromatic rings. The van der Waals surface area contributed by atoms with Crippen LogP contribution in [0.25, 0.3) is 0 Å². The number of rotatable bonds is 4. The summed E-state index contributed by atoms with van der Waals surface area (Å²) in [6, 6.07) is 3.93. The Morgan fingerprint density at radius 3 is 1.76 bits per heavy atom. The van der Waals surface area contributed by atoms with Crippen molar-refractivity contribution in [2.24, 2.45) is 5.73 Å². The standard InChI is InChI=1S/C18H31NO2/c1-17(2,3)13-10-12(15(19)8-7-9-20)11-14(16(13)21)18(4,5)6/h10-11,15,20-21H,7-9,19H2,1-6H3/t15-/m1/s1. The fourth-order valence-electron chi connectivity index (χ4n) is 2.49. The van der Waals surface area contributed by atoms with Crippen LogP contribution in [-0.2, 0) is 10.8 Å². The first-order valence-electron chi connectivity index (χ1n) is 7.72. The van der Waals surface area contributed by atoms with E-state index in [0.29, 0.717) is 12.2 Å². The van der Waals surface area contributed by atoms with Gasteiger partial charge in [-0.2, -0.15) is 0 Å². The van der Waals surface area contributed by atoms with Crippen molar-refractivity contribution in [2.75, 3.05) is 6.61 Å². The lowest BCUT2D eigenvalue weighted by Crippen LogP contribution is -2.20. The smallest absolute Gasteiger partial charge is 0.123 e. The number of hydrogen-bond donors (Lipinski definition) is 3. The molecule has 0 aliphatic carbocycles. The maximum atomic E-state index is 10.7. The molecule has 0 saturated carbocycles. The van der Waals surface area contributed by atoms with Gasteiger partial charge in [-0.25, -0.2) is 0 Å². The fourth-order valence-corrected chi connectivity index (χ4v) is 2.49. The summed E-state index contributed by atoms with van der Waals surface area (Å²) in [5, 5.41) is 19.6. The maximum absolute atomic E-state index is 10.7. The van der Waals surface area contributed by atoms with E-state index in [1.54, 1.807) is 0 Å². The van der Waals surface area contributed by atoms with Crippen LogP contribution in [0, 0.1) is 0 Å². The number of phenolic OH excluding ortho intramolecular Hbond substituents is 1. The van der Waals surface area contributed by atoms with Gasteiger partial charge in [0.25, 0.3) is 0 Å². The molecule has 0 amide bonds. The van der Waals surface area contributed by atoms with E-state index in [1.165, 1.54) is 0 Å². The third kappa shape index (κ3) is 4.45. The summed E-state index contributed by atoms with van der Waals surface area (Å²) in [7, 11) is 0. The van der Waals surface area contributed by atoms with Gasteiger partial charge in [-0.05, 0) is 40.4 Å². The number of phenols is 1. The van der Waals surface area contributed by atoms with Crippen LogP contribution in [0.5, 0.6) is 5.75 Å². The summed E-state index contributed by atoms with van der Waals surface area (Å²) >= 11 is 0. The van der Waals surface area contributed by atoms with Gasteiger partial charge in [0, 0.05) is 12.6 Å². The molecule has 0 unspecified atom stereocenters. The van der Waals surface area contributed by atoms with Gasteiger partial charge in [-0.15, -0.1) is 0 Å². The first-order chi connectivity index (χ1) is 9.48. The summed E-state index contributed by atoms with van der Waals surface area (Å²) in [5.41, 5.74) is 8.89. The Hall–Kier alpha value is -1.06. The van der Waals surface area contributed by atoms with Crippen LogP contribution in [0.15, 0.2) is 12.1 Å². The molecule has 3 nitrogen and oxygen atoms in total. The van der Waals surface area contributed by atoms with E-state index in [9.17, 15) is 5.11 Å². The van der Waals surface area contributed by atoms with Crippen molar-refractivity contribution in [1.29, 1.82) is 0 Å². The quantitative estimate of drug-likeness (QED) is 0.792. The molecule has 0 aromatic heterocycles. The molecule has 0 spiro atoms. The third-order valence-electron chi connectivity index (χ3n) is 3.85. The normalized spacial score (nSPS) is 14.3. The zero-order chi connectivity index (χ0) is 16.4. The van der Waals surface area contributed by atoms with E-state index < -0.39 is 0 Å². The first-order valence-corrected chi connectivity index (χ1v) is 7.72. The highest BCUT2D eigenvalue weighted by molar-refractivity contribution is 5.50. The Bertz CT molecular complexity index is 446. The molecule has 4 N–H and O–H groups in total. The highest BCUT2D eigenvalue weighted by atomic mass is 16.3. The van der Waals surface area contributed by atoms with E-state index in [1.807, 2.05) is 12.1 Å². The predicted molar refractivity (Wildman–Crippen MR) is 88.8 cm³/mol. The minimum atomic E-state index is -0.142. The molecule has 0 bridgehead atoms. The van der Waals surface area contributed by atoms with Crippen molar-refractivity contribution in [2.45, 2.75) is 71.3 Å². The second kappa shape index (κ2) is 6.37. The van der Waals surface area contributed by atoms with Crippen LogP contribution in [0.3, 0.4) is 0 Å². The van der Waals surface area contributed by atoms with E-state index >= 15 is 0 Å². The van der Waals surface area contributed by atoms with Crippen LogP contribution in [-0.4, -0.2) is 16.8 Å². The Labute approximate surface area is 129 Å². The lowest BCUT2D eigenvalue weighted by molar-refractivity contribution is 0.280. The SMILES string of the molecule is CC(C)(C)c1cc([C@H](N)CCCO)cc(C(C)(C)C)c1O. The third-order valence-corrected chi connectivity index (χ3v) is 3.85. The molecule has 0 saturated heterocycles. The van der Waals surface area contributed by atoms with Crippen LogP contribution in [0.2, 0.25) is 0 Å². The van der Waals surface area contributed by atoms with E-state index in [4.69, 9.17) is 10.8 Å². The summed E-state index contributed by atoms with van der Waals surface area (Å²) in [4.78, 5) is 0. The van der Waals surface area contributed by atoms with Gasteiger partial charge in [0.2, 0.25) is 0 Å². The van der Waals surface area contributed by atoms with Crippen LogP contribution in [0.4, 0.5) is 0 Å². The van der Waals surface area contributed by atoms with E-state index in [2.05, 4.69) is 41.5 Å². The lowest BCUT2D eigenvalue weighted by atomic mass is 9.77. The average Bonchev–Trinajstić information content (AvgIpc) is 2.33. The molecule has 0 fully saturated rings.